The van der Waals surface area contributed by atoms with E-state index in [0.29, 0.717) is 6.42 Å². The largest absolute Gasteiger partial charge is 0.294 e. The van der Waals surface area contributed by atoms with E-state index in [2.05, 4.69) is 17.9 Å². The van der Waals surface area contributed by atoms with Crippen molar-refractivity contribution in [2.45, 2.75) is 26.2 Å². The van der Waals surface area contributed by atoms with Gasteiger partial charge >= 0.3 is 0 Å². The van der Waals surface area contributed by atoms with E-state index in [0.717, 1.165) is 18.4 Å². The van der Waals surface area contributed by atoms with Gasteiger partial charge in [0.25, 0.3) is 0 Å². The lowest BCUT2D eigenvalue weighted by atomic mass is 9.81. The molecule has 0 amide bonds. The molecule has 1 aliphatic rings. The molecule has 0 aromatic heterocycles. The van der Waals surface area contributed by atoms with E-state index in [1.165, 1.54) is 5.56 Å². The first kappa shape index (κ1) is 9.98. The van der Waals surface area contributed by atoms with Gasteiger partial charge in [0.15, 0.2) is 5.78 Å². The predicted octanol–water partition coefficient (Wildman–Crippen LogP) is 2.85. The third-order valence-electron chi connectivity index (χ3n) is 2.94. The summed E-state index contributed by atoms with van der Waals surface area (Å²) in [6.07, 6.45) is 2.67. The molecular weight excluding hydrogens is 184 g/mol. The van der Waals surface area contributed by atoms with Crippen molar-refractivity contribution in [2.24, 2.45) is 5.92 Å². The summed E-state index contributed by atoms with van der Waals surface area (Å²) in [5.74, 6) is 6.26. The van der Waals surface area contributed by atoms with Gasteiger partial charge in [-0.25, -0.2) is 0 Å². The monoisotopic (exact) mass is 198 g/mol. The normalized spacial score (nSPS) is 19.0. The molecule has 1 nitrogen and oxygen atoms in total. The quantitative estimate of drug-likeness (QED) is 0.634. The SMILES string of the molecule is CC#CCC1CCc2ccccc2C1=O. The van der Waals surface area contributed by atoms with Gasteiger partial charge in [-0.15, -0.1) is 11.8 Å². The summed E-state index contributed by atoms with van der Waals surface area (Å²) in [7, 11) is 0. The molecule has 2 rings (SSSR count). The first-order valence-electron chi connectivity index (χ1n) is 5.34. The van der Waals surface area contributed by atoms with Gasteiger partial charge in [0.05, 0.1) is 0 Å². The summed E-state index contributed by atoms with van der Waals surface area (Å²) in [4.78, 5) is 12.1. The second-order valence-electron chi connectivity index (χ2n) is 3.89. The lowest BCUT2D eigenvalue weighted by Gasteiger charge is -2.21. The average Bonchev–Trinajstić information content (AvgIpc) is 2.29. The first-order chi connectivity index (χ1) is 7.33. The molecule has 0 spiro atoms. The van der Waals surface area contributed by atoms with Crippen LogP contribution in [0.4, 0.5) is 0 Å². The Kier molecular flexibility index (Phi) is 2.87. The molecule has 0 fully saturated rings. The van der Waals surface area contributed by atoms with Crippen molar-refractivity contribution < 1.29 is 4.79 Å². The third-order valence-corrected chi connectivity index (χ3v) is 2.94. The molecule has 0 radical (unpaired) electrons. The summed E-state index contributed by atoms with van der Waals surface area (Å²) in [6, 6.07) is 7.92. The van der Waals surface area contributed by atoms with Gasteiger partial charge in [-0.1, -0.05) is 24.3 Å². The molecule has 1 aromatic rings. The maximum Gasteiger partial charge on any atom is 0.167 e. The highest BCUT2D eigenvalue weighted by Gasteiger charge is 2.25. The molecule has 1 heteroatoms. The summed E-state index contributed by atoms with van der Waals surface area (Å²) < 4.78 is 0. The van der Waals surface area contributed by atoms with Crippen LogP contribution in [-0.2, 0) is 6.42 Å². The topological polar surface area (TPSA) is 17.1 Å². The Morgan fingerprint density at radius 1 is 1.40 bits per heavy atom. The molecule has 0 bridgehead atoms. The number of hydrogen-bond donors (Lipinski definition) is 0. The van der Waals surface area contributed by atoms with Crippen molar-refractivity contribution in [3.63, 3.8) is 0 Å². The predicted molar refractivity (Wildman–Crippen MR) is 60.7 cm³/mol. The Labute approximate surface area is 90.5 Å². The Bertz CT molecular complexity index is 434. The molecule has 0 N–H and O–H groups in total. The fourth-order valence-corrected chi connectivity index (χ4v) is 2.08. The minimum atomic E-state index is 0.118. The zero-order valence-corrected chi connectivity index (χ0v) is 8.92. The van der Waals surface area contributed by atoms with Gasteiger partial charge in [-0.05, 0) is 25.3 Å². The highest BCUT2D eigenvalue weighted by atomic mass is 16.1. The lowest BCUT2D eigenvalue weighted by molar-refractivity contribution is 0.0905. The van der Waals surface area contributed by atoms with Crippen molar-refractivity contribution in [2.75, 3.05) is 0 Å². The fraction of sp³-hybridized carbons (Fsp3) is 0.357. The molecule has 1 aliphatic carbocycles. The van der Waals surface area contributed by atoms with Gasteiger partial charge in [-0.3, -0.25) is 4.79 Å². The molecule has 0 saturated heterocycles. The number of benzene rings is 1. The van der Waals surface area contributed by atoms with E-state index in [4.69, 9.17) is 0 Å². The molecule has 1 atom stereocenters. The van der Waals surface area contributed by atoms with Crippen LogP contribution < -0.4 is 0 Å². The lowest BCUT2D eigenvalue weighted by Crippen LogP contribution is -2.22. The van der Waals surface area contributed by atoms with Crippen molar-refractivity contribution >= 4 is 5.78 Å². The number of ketones is 1. The molecule has 0 heterocycles. The number of carbonyl (C=O) groups excluding carboxylic acids is 1. The summed E-state index contributed by atoms with van der Waals surface area (Å²) >= 11 is 0. The zero-order chi connectivity index (χ0) is 10.7. The van der Waals surface area contributed by atoms with Crippen molar-refractivity contribution in [1.29, 1.82) is 0 Å². The van der Waals surface area contributed by atoms with Gasteiger partial charge in [-0.2, -0.15) is 0 Å². The van der Waals surface area contributed by atoms with Crippen LogP contribution in [0.3, 0.4) is 0 Å². The summed E-state index contributed by atoms with van der Waals surface area (Å²) in [5.41, 5.74) is 2.11. The summed E-state index contributed by atoms with van der Waals surface area (Å²) in [6.45, 7) is 1.82. The van der Waals surface area contributed by atoms with Crippen LogP contribution in [0, 0.1) is 17.8 Å². The van der Waals surface area contributed by atoms with Crippen molar-refractivity contribution in [3.8, 4) is 11.8 Å². The Morgan fingerprint density at radius 2 is 2.20 bits per heavy atom. The summed E-state index contributed by atoms with van der Waals surface area (Å²) in [5, 5.41) is 0. The van der Waals surface area contributed by atoms with Crippen LogP contribution in [0.1, 0.15) is 35.7 Å². The first-order valence-corrected chi connectivity index (χ1v) is 5.34. The minimum Gasteiger partial charge on any atom is -0.294 e. The third kappa shape index (κ3) is 1.94. The number of carbonyl (C=O) groups is 1. The Balaban J connectivity index is 2.24. The van der Waals surface area contributed by atoms with Crippen LogP contribution in [0.25, 0.3) is 0 Å². The maximum absolute atomic E-state index is 12.1. The molecule has 0 aliphatic heterocycles. The molecule has 1 unspecified atom stereocenters. The number of rotatable bonds is 1. The number of aryl methyl sites for hydroxylation is 1. The number of fused-ring (bicyclic) bond motifs is 1. The van der Waals surface area contributed by atoms with Gasteiger partial charge in [0.1, 0.15) is 0 Å². The van der Waals surface area contributed by atoms with Crippen LogP contribution in [0.5, 0.6) is 0 Å². The van der Waals surface area contributed by atoms with E-state index < -0.39 is 0 Å². The fourth-order valence-electron chi connectivity index (χ4n) is 2.08. The number of Topliss-reactive ketones (excluding diaryl/α,β-unsaturated/α-hetero) is 1. The highest BCUT2D eigenvalue weighted by Crippen LogP contribution is 2.26. The van der Waals surface area contributed by atoms with E-state index in [9.17, 15) is 4.79 Å². The highest BCUT2D eigenvalue weighted by molar-refractivity contribution is 6.00. The van der Waals surface area contributed by atoms with E-state index in [1.54, 1.807) is 0 Å². The van der Waals surface area contributed by atoms with Crippen molar-refractivity contribution in [3.05, 3.63) is 35.4 Å². The Morgan fingerprint density at radius 3 is 3.00 bits per heavy atom. The van der Waals surface area contributed by atoms with Gasteiger partial charge in [0.2, 0.25) is 0 Å². The standard InChI is InChI=1S/C14H14O/c1-2-3-6-12-10-9-11-7-4-5-8-13(11)14(12)15/h4-5,7-8,12H,6,9-10H2,1H3. The molecule has 0 saturated carbocycles. The zero-order valence-electron chi connectivity index (χ0n) is 8.92. The van der Waals surface area contributed by atoms with Crippen LogP contribution >= 0.6 is 0 Å². The van der Waals surface area contributed by atoms with E-state index in [1.807, 2.05) is 25.1 Å². The Hall–Kier alpha value is -1.55. The maximum atomic E-state index is 12.1. The van der Waals surface area contributed by atoms with Gasteiger partial charge in [0, 0.05) is 17.9 Å². The van der Waals surface area contributed by atoms with Gasteiger partial charge < -0.3 is 0 Å². The van der Waals surface area contributed by atoms with E-state index >= 15 is 0 Å². The van der Waals surface area contributed by atoms with Crippen LogP contribution in [-0.4, -0.2) is 5.78 Å². The molecule has 15 heavy (non-hydrogen) atoms. The van der Waals surface area contributed by atoms with Crippen molar-refractivity contribution in [1.82, 2.24) is 0 Å². The molecule has 76 valence electrons. The number of hydrogen-bond acceptors (Lipinski definition) is 1. The molecular formula is C14H14O. The second kappa shape index (κ2) is 4.31. The minimum absolute atomic E-state index is 0.118. The smallest absolute Gasteiger partial charge is 0.167 e. The van der Waals surface area contributed by atoms with E-state index in [-0.39, 0.29) is 11.7 Å². The molecule has 1 aromatic carbocycles. The van der Waals surface area contributed by atoms with Crippen LogP contribution in [0.2, 0.25) is 0 Å². The van der Waals surface area contributed by atoms with Crippen LogP contribution in [0.15, 0.2) is 24.3 Å². The average molecular weight is 198 g/mol. The second-order valence-corrected chi connectivity index (χ2v) is 3.89.